The molecule has 0 N–H and O–H groups in total. The van der Waals surface area contributed by atoms with Gasteiger partial charge < -0.3 is 14.2 Å². The highest BCUT2D eigenvalue weighted by Crippen LogP contribution is 2.29. The molecule has 0 saturated heterocycles. The standard InChI is InChI=1S/C20H14FNO4/c1-3-10-25-17-9-8-13(12-18(17)24-2)11-16-20(23)26-19(22-16)14-6-4-5-7-15(14)21/h1,4-9,11-12H,10H2,2H3/b16-11+. The number of rotatable bonds is 5. The lowest BCUT2D eigenvalue weighted by molar-refractivity contribution is -0.129. The zero-order valence-corrected chi connectivity index (χ0v) is 13.9. The average Bonchev–Trinajstić information content (AvgIpc) is 3.01. The number of terminal acetylenes is 1. The highest BCUT2D eigenvalue weighted by molar-refractivity contribution is 6.12. The van der Waals surface area contributed by atoms with E-state index in [9.17, 15) is 9.18 Å². The van der Waals surface area contributed by atoms with Gasteiger partial charge in [-0.05, 0) is 35.9 Å². The van der Waals surface area contributed by atoms with Crippen molar-refractivity contribution >= 4 is 17.9 Å². The van der Waals surface area contributed by atoms with Crippen molar-refractivity contribution < 1.29 is 23.4 Å². The van der Waals surface area contributed by atoms with Crippen LogP contribution in [0.2, 0.25) is 0 Å². The van der Waals surface area contributed by atoms with Gasteiger partial charge in [-0.1, -0.05) is 24.1 Å². The Morgan fingerprint density at radius 1 is 1.27 bits per heavy atom. The molecule has 6 heteroatoms. The molecule has 1 aliphatic heterocycles. The van der Waals surface area contributed by atoms with E-state index in [1.807, 2.05) is 0 Å². The van der Waals surface area contributed by atoms with Gasteiger partial charge in [0.15, 0.2) is 17.2 Å². The summed E-state index contributed by atoms with van der Waals surface area (Å²) in [5.74, 6) is 2.07. The first-order valence-corrected chi connectivity index (χ1v) is 7.64. The molecule has 26 heavy (non-hydrogen) atoms. The van der Waals surface area contributed by atoms with E-state index in [4.69, 9.17) is 20.6 Å². The van der Waals surface area contributed by atoms with Crippen LogP contribution in [-0.4, -0.2) is 25.6 Å². The van der Waals surface area contributed by atoms with E-state index in [-0.39, 0.29) is 23.8 Å². The summed E-state index contributed by atoms with van der Waals surface area (Å²) in [4.78, 5) is 16.1. The van der Waals surface area contributed by atoms with Gasteiger partial charge in [-0.25, -0.2) is 14.2 Å². The minimum atomic E-state index is -0.658. The predicted molar refractivity (Wildman–Crippen MR) is 94.3 cm³/mol. The second-order valence-corrected chi connectivity index (χ2v) is 5.22. The largest absolute Gasteiger partial charge is 0.493 e. The van der Waals surface area contributed by atoms with Gasteiger partial charge in [0.1, 0.15) is 12.4 Å². The predicted octanol–water partition coefficient (Wildman–Crippen LogP) is 3.19. The van der Waals surface area contributed by atoms with Crippen LogP contribution in [0.15, 0.2) is 53.2 Å². The molecule has 0 bridgehead atoms. The van der Waals surface area contributed by atoms with E-state index in [0.717, 1.165) is 0 Å². The number of esters is 1. The number of nitrogens with zero attached hydrogens (tertiary/aromatic N) is 1. The van der Waals surface area contributed by atoms with Crippen LogP contribution >= 0.6 is 0 Å². The Hall–Kier alpha value is -3.59. The number of halogens is 1. The Morgan fingerprint density at radius 3 is 2.81 bits per heavy atom. The number of carbonyl (C=O) groups is 1. The summed E-state index contributed by atoms with van der Waals surface area (Å²) in [6.45, 7) is 0.111. The number of aliphatic imine (C=N–C) groups is 1. The van der Waals surface area contributed by atoms with Crippen LogP contribution in [0, 0.1) is 18.2 Å². The van der Waals surface area contributed by atoms with Gasteiger partial charge in [0.05, 0.1) is 12.7 Å². The summed E-state index contributed by atoms with van der Waals surface area (Å²) >= 11 is 0. The summed E-state index contributed by atoms with van der Waals surface area (Å²) in [6.07, 6.45) is 6.69. The minimum Gasteiger partial charge on any atom is -0.493 e. The topological polar surface area (TPSA) is 57.1 Å². The van der Waals surface area contributed by atoms with E-state index < -0.39 is 11.8 Å². The number of benzene rings is 2. The Balaban J connectivity index is 1.91. The summed E-state index contributed by atoms with van der Waals surface area (Å²) in [5, 5.41) is 0. The Bertz CT molecular complexity index is 957. The van der Waals surface area contributed by atoms with Crippen molar-refractivity contribution in [2.45, 2.75) is 0 Å². The third-order valence-corrected chi connectivity index (χ3v) is 3.53. The number of hydrogen-bond acceptors (Lipinski definition) is 5. The third kappa shape index (κ3) is 3.57. The van der Waals surface area contributed by atoms with E-state index in [0.29, 0.717) is 17.1 Å². The van der Waals surface area contributed by atoms with Crippen molar-refractivity contribution in [2.75, 3.05) is 13.7 Å². The number of methoxy groups -OCH3 is 1. The number of hydrogen-bond donors (Lipinski definition) is 0. The van der Waals surface area contributed by atoms with E-state index >= 15 is 0 Å². The number of ether oxygens (including phenoxy) is 3. The molecule has 0 radical (unpaired) electrons. The summed E-state index contributed by atoms with van der Waals surface area (Å²) < 4.78 is 29.5. The van der Waals surface area contributed by atoms with E-state index in [1.54, 1.807) is 30.3 Å². The molecule has 0 saturated carbocycles. The fourth-order valence-corrected chi connectivity index (χ4v) is 2.33. The van der Waals surface area contributed by atoms with Gasteiger partial charge in [0, 0.05) is 0 Å². The fraction of sp³-hybridized carbons (Fsp3) is 0.100. The second-order valence-electron chi connectivity index (χ2n) is 5.22. The SMILES string of the molecule is C#CCOc1ccc(/C=C2/N=C(c3ccccc3F)OC2=O)cc1OC. The highest BCUT2D eigenvalue weighted by atomic mass is 19.1. The number of carbonyl (C=O) groups excluding carboxylic acids is 1. The zero-order valence-electron chi connectivity index (χ0n) is 13.9. The van der Waals surface area contributed by atoms with Crippen LogP contribution in [0.1, 0.15) is 11.1 Å². The summed E-state index contributed by atoms with van der Waals surface area (Å²) in [6, 6.07) is 11.0. The van der Waals surface area contributed by atoms with Crippen molar-refractivity contribution in [1.82, 2.24) is 0 Å². The Kier molecular flexibility index (Phi) is 4.99. The summed E-state index contributed by atoms with van der Waals surface area (Å²) in [5.41, 5.74) is 0.822. The van der Waals surface area contributed by atoms with Gasteiger partial charge >= 0.3 is 5.97 Å². The van der Waals surface area contributed by atoms with Crippen LogP contribution in [0.25, 0.3) is 6.08 Å². The third-order valence-electron chi connectivity index (χ3n) is 3.53. The molecule has 2 aromatic rings. The lowest BCUT2D eigenvalue weighted by Gasteiger charge is -2.09. The Labute approximate surface area is 149 Å². The van der Waals surface area contributed by atoms with Gasteiger partial charge in [-0.2, -0.15) is 0 Å². The zero-order chi connectivity index (χ0) is 18.5. The van der Waals surface area contributed by atoms with Crippen molar-refractivity contribution in [1.29, 1.82) is 0 Å². The molecule has 0 spiro atoms. The molecule has 0 amide bonds. The fourth-order valence-electron chi connectivity index (χ4n) is 2.33. The first-order chi connectivity index (χ1) is 12.6. The smallest absolute Gasteiger partial charge is 0.363 e. The molecule has 0 atom stereocenters. The quantitative estimate of drug-likeness (QED) is 0.472. The first-order valence-electron chi connectivity index (χ1n) is 7.64. The van der Waals surface area contributed by atoms with Crippen LogP contribution in [0.5, 0.6) is 11.5 Å². The monoisotopic (exact) mass is 351 g/mol. The van der Waals surface area contributed by atoms with E-state index in [1.165, 1.54) is 25.3 Å². The molecule has 0 aliphatic carbocycles. The molecule has 0 aromatic heterocycles. The van der Waals surface area contributed by atoms with Crippen molar-refractivity contribution in [3.8, 4) is 23.8 Å². The maximum atomic E-state index is 13.8. The average molecular weight is 351 g/mol. The molecular formula is C20H14FNO4. The van der Waals surface area contributed by atoms with Crippen molar-refractivity contribution in [3.05, 3.63) is 65.1 Å². The molecule has 0 unspecified atom stereocenters. The molecule has 0 fully saturated rings. The maximum Gasteiger partial charge on any atom is 0.363 e. The molecule has 3 rings (SSSR count). The van der Waals surface area contributed by atoms with Crippen LogP contribution in [0.3, 0.4) is 0 Å². The lowest BCUT2D eigenvalue weighted by atomic mass is 10.1. The van der Waals surface area contributed by atoms with Crippen LogP contribution < -0.4 is 9.47 Å². The lowest BCUT2D eigenvalue weighted by Crippen LogP contribution is -2.07. The molecule has 1 aliphatic rings. The van der Waals surface area contributed by atoms with Crippen LogP contribution in [-0.2, 0) is 9.53 Å². The maximum absolute atomic E-state index is 13.8. The van der Waals surface area contributed by atoms with Gasteiger partial charge in [0.2, 0.25) is 5.90 Å². The van der Waals surface area contributed by atoms with Crippen molar-refractivity contribution in [2.24, 2.45) is 4.99 Å². The van der Waals surface area contributed by atoms with E-state index in [2.05, 4.69) is 10.9 Å². The van der Waals surface area contributed by atoms with Gasteiger partial charge in [-0.15, -0.1) is 6.42 Å². The normalized spacial score (nSPS) is 14.6. The minimum absolute atomic E-state index is 0.0580. The summed E-state index contributed by atoms with van der Waals surface area (Å²) in [7, 11) is 1.49. The highest BCUT2D eigenvalue weighted by Gasteiger charge is 2.26. The molecule has 1 heterocycles. The first kappa shape index (κ1) is 17.2. The number of cyclic esters (lactones) is 1. The second kappa shape index (κ2) is 7.53. The molecular weight excluding hydrogens is 337 g/mol. The molecule has 2 aromatic carbocycles. The van der Waals surface area contributed by atoms with Gasteiger partial charge in [0.25, 0.3) is 0 Å². The van der Waals surface area contributed by atoms with Crippen molar-refractivity contribution in [3.63, 3.8) is 0 Å². The van der Waals surface area contributed by atoms with Gasteiger partial charge in [-0.3, -0.25) is 0 Å². The molecule has 130 valence electrons. The van der Waals surface area contributed by atoms with Crippen LogP contribution in [0.4, 0.5) is 4.39 Å². The Morgan fingerprint density at radius 2 is 2.08 bits per heavy atom. The molecule has 5 nitrogen and oxygen atoms in total.